The molecule has 1 aliphatic carbocycles. The topological polar surface area (TPSA) is 0 Å². The van der Waals surface area contributed by atoms with Crippen molar-refractivity contribution in [2.24, 2.45) is 5.92 Å². The molecule has 2 unspecified atom stereocenters. The molecular weight excluding hydrogens is 228 g/mol. The number of rotatable bonds is 3. The summed E-state index contributed by atoms with van der Waals surface area (Å²) in [5, 5.41) is 0. The van der Waals surface area contributed by atoms with Crippen molar-refractivity contribution in [2.75, 3.05) is 0 Å². The van der Waals surface area contributed by atoms with E-state index >= 15 is 0 Å². The maximum absolute atomic E-state index is 2.31. The minimum absolute atomic E-state index is 0.759. The molecule has 19 heavy (non-hydrogen) atoms. The average Bonchev–Trinajstić information content (AvgIpc) is 2.50. The van der Waals surface area contributed by atoms with E-state index in [0.717, 1.165) is 11.8 Å². The van der Waals surface area contributed by atoms with E-state index in [9.17, 15) is 0 Å². The molecule has 0 aliphatic heterocycles. The predicted molar refractivity (Wildman–Crippen MR) is 81.3 cm³/mol. The lowest BCUT2D eigenvalue weighted by Crippen LogP contribution is -2.19. The number of benzene rings is 2. The van der Waals surface area contributed by atoms with E-state index in [4.69, 9.17) is 0 Å². The van der Waals surface area contributed by atoms with E-state index in [1.807, 2.05) is 0 Å². The van der Waals surface area contributed by atoms with Gasteiger partial charge in [-0.15, -0.1) is 0 Å². The Kier molecular flexibility index (Phi) is 3.98. The van der Waals surface area contributed by atoms with Crippen LogP contribution in [0.15, 0.2) is 60.7 Å². The summed E-state index contributed by atoms with van der Waals surface area (Å²) in [6, 6.07) is 22.1. The molecule has 0 spiro atoms. The van der Waals surface area contributed by atoms with Crippen molar-refractivity contribution < 1.29 is 0 Å². The van der Waals surface area contributed by atoms with Gasteiger partial charge in [-0.3, -0.25) is 0 Å². The fraction of sp³-hybridized carbons (Fsp3) is 0.368. The quantitative estimate of drug-likeness (QED) is 0.702. The van der Waals surface area contributed by atoms with Crippen LogP contribution in [0.25, 0.3) is 0 Å². The van der Waals surface area contributed by atoms with Crippen LogP contribution in [0.2, 0.25) is 0 Å². The molecule has 1 aliphatic rings. The summed E-state index contributed by atoms with van der Waals surface area (Å²) in [6.07, 6.45) is 6.78. The molecule has 2 atom stereocenters. The van der Waals surface area contributed by atoms with Gasteiger partial charge in [-0.05, 0) is 42.2 Å². The van der Waals surface area contributed by atoms with Gasteiger partial charge in [0.1, 0.15) is 0 Å². The van der Waals surface area contributed by atoms with Gasteiger partial charge < -0.3 is 0 Å². The molecule has 0 N–H and O–H groups in total. The lowest BCUT2D eigenvalue weighted by atomic mass is 9.73. The Hall–Kier alpha value is -1.56. The normalized spacial score (nSPS) is 23.2. The van der Waals surface area contributed by atoms with Gasteiger partial charge in [-0.2, -0.15) is 0 Å². The Morgan fingerprint density at radius 3 is 2.11 bits per heavy atom. The van der Waals surface area contributed by atoms with Crippen LogP contribution < -0.4 is 0 Å². The molecule has 0 radical (unpaired) electrons. The van der Waals surface area contributed by atoms with E-state index in [-0.39, 0.29) is 0 Å². The highest BCUT2D eigenvalue weighted by atomic mass is 14.3. The van der Waals surface area contributed by atoms with Crippen LogP contribution in [0.5, 0.6) is 0 Å². The highest BCUT2D eigenvalue weighted by Gasteiger charge is 2.26. The van der Waals surface area contributed by atoms with Gasteiger partial charge in [0.2, 0.25) is 0 Å². The lowest BCUT2D eigenvalue weighted by Gasteiger charge is -2.32. The predicted octanol–water partition coefficient (Wildman–Crippen LogP) is 5.20. The van der Waals surface area contributed by atoms with Crippen LogP contribution in [-0.4, -0.2) is 0 Å². The standard InChI is InChI=1S/C19H22/c1-3-9-16(10-4-1)15-18-13-7-8-14-19(18)17-11-5-2-6-12-17/h1-6,9-12,18-19H,7-8,13-15H2. The fourth-order valence-electron chi connectivity index (χ4n) is 3.51. The molecule has 3 rings (SSSR count). The van der Waals surface area contributed by atoms with E-state index < -0.39 is 0 Å². The van der Waals surface area contributed by atoms with Crippen molar-refractivity contribution in [3.8, 4) is 0 Å². The zero-order valence-electron chi connectivity index (χ0n) is 11.5. The van der Waals surface area contributed by atoms with Gasteiger partial charge in [0.25, 0.3) is 0 Å². The van der Waals surface area contributed by atoms with Gasteiger partial charge >= 0.3 is 0 Å². The Morgan fingerprint density at radius 1 is 0.737 bits per heavy atom. The SMILES string of the molecule is c1ccc(CC2CCCCC2c2ccccc2)cc1. The molecule has 1 saturated carbocycles. The van der Waals surface area contributed by atoms with Crippen LogP contribution in [0, 0.1) is 5.92 Å². The molecule has 2 aromatic carbocycles. The number of hydrogen-bond acceptors (Lipinski definition) is 0. The zero-order chi connectivity index (χ0) is 12.9. The Morgan fingerprint density at radius 2 is 1.37 bits per heavy atom. The lowest BCUT2D eigenvalue weighted by molar-refractivity contribution is 0.305. The van der Waals surface area contributed by atoms with E-state index in [2.05, 4.69) is 60.7 Å². The summed E-state index contributed by atoms with van der Waals surface area (Å²) >= 11 is 0. The van der Waals surface area contributed by atoms with Crippen molar-refractivity contribution in [1.29, 1.82) is 0 Å². The average molecular weight is 250 g/mol. The van der Waals surface area contributed by atoms with Gasteiger partial charge in [0.05, 0.1) is 0 Å². The number of hydrogen-bond donors (Lipinski definition) is 0. The first-order chi connectivity index (χ1) is 9.43. The molecule has 0 amide bonds. The summed E-state index contributed by atoms with van der Waals surface area (Å²) in [4.78, 5) is 0. The van der Waals surface area contributed by atoms with Gasteiger partial charge in [-0.1, -0.05) is 73.5 Å². The first kappa shape index (κ1) is 12.5. The molecule has 0 aromatic heterocycles. The van der Waals surface area contributed by atoms with E-state index in [0.29, 0.717) is 0 Å². The van der Waals surface area contributed by atoms with Crippen LogP contribution in [0.3, 0.4) is 0 Å². The molecule has 1 fully saturated rings. The van der Waals surface area contributed by atoms with Gasteiger partial charge in [-0.25, -0.2) is 0 Å². The fourth-order valence-corrected chi connectivity index (χ4v) is 3.51. The van der Waals surface area contributed by atoms with Crippen molar-refractivity contribution >= 4 is 0 Å². The minimum atomic E-state index is 0.759. The first-order valence-electron chi connectivity index (χ1n) is 7.52. The maximum Gasteiger partial charge on any atom is -0.0130 e. The van der Waals surface area contributed by atoms with Crippen molar-refractivity contribution in [3.63, 3.8) is 0 Å². The van der Waals surface area contributed by atoms with E-state index in [1.54, 1.807) is 5.56 Å². The largest absolute Gasteiger partial charge is 0.0622 e. The molecule has 0 heterocycles. The Labute approximate surface area is 116 Å². The molecule has 0 saturated heterocycles. The van der Waals surface area contributed by atoms with Gasteiger partial charge in [0, 0.05) is 0 Å². The summed E-state index contributed by atoms with van der Waals surface area (Å²) in [5.74, 6) is 1.58. The summed E-state index contributed by atoms with van der Waals surface area (Å²) in [5.41, 5.74) is 3.04. The third kappa shape index (κ3) is 3.07. The molecule has 2 aromatic rings. The van der Waals surface area contributed by atoms with Crippen molar-refractivity contribution in [3.05, 3.63) is 71.8 Å². The third-order valence-electron chi connectivity index (χ3n) is 4.48. The van der Waals surface area contributed by atoms with E-state index in [1.165, 1.54) is 37.7 Å². The van der Waals surface area contributed by atoms with Crippen LogP contribution in [0.1, 0.15) is 42.7 Å². The molecule has 0 bridgehead atoms. The second kappa shape index (κ2) is 6.06. The van der Waals surface area contributed by atoms with Gasteiger partial charge in [0.15, 0.2) is 0 Å². The molecule has 0 heteroatoms. The highest BCUT2D eigenvalue weighted by Crippen LogP contribution is 2.39. The van der Waals surface area contributed by atoms with Crippen molar-refractivity contribution in [1.82, 2.24) is 0 Å². The summed E-state index contributed by atoms with van der Waals surface area (Å²) in [6.45, 7) is 0. The maximum atomic E-state index is 2.31. The smallest absolute Gasteiger partial charge is 0.0130 e. The van der Waals surface area contributed by atoms with Crippen LogP contribution >= 0.6 is 0 Å². The van der Waals surface area contributed by atoms with Crippen LogP contribution in [0.4, 0.5) is 0 Å². The molecule has 0 nitrogen and oxygen atoms in total. The zero-order valence-corrected chi connectivity index (χ0v) is 11.5. The Bertz CT molecular complexity index is 486. The molecular formula is C19H22. The summed E-state index contributed by atoms with van der Waals surface area (Å²) in [7, 11) is 0. The first-order valence-corrected chi connectivity index (χ1v) is 7.52. The second-order valence-electron chi connectivity index (χ2n) is 5.75. The van der Waals surface area contributed by atoms with Crippen LogP contribution in [-0.2, 0) is 6.42 Å². The monoisotopic (exact) mass is 250 g/mol. The second-order valence-corrected chi connectivity index (χ2v) is 5.75. The highest BCUT2D eigenvalue weighted by molar-refractivity contribution is 5.23. The molecule has 98 valence electrons. The van der Waals surface area contributed by atoms with Crippen molar-refractivity contribution in [2.45, 2.75) is 38.0 Å². The summed E-state index contributed by atoms with van der Waals surface area (Å²) < 4.78 is 0. The minimum Gasteiger partial charge on any atom is -0.0622 e. The Balaban J connectivity index is 1.78. The third-order valence-corrected chi connectivity index (χ3v) is 4.48.